The summed E-state index contributed by atoms with van der Waals surface area (Å²) in [5, 5.41) is 3.01. The number of allylic oxidation sites excluding steroid dienone is 2. The molecular formula is C19H19ClN2O5. The van der Waals surface area contributed by atoms with Crippen molar-refractivity contribution in [1.29, 1.82) is 0 Å². The quantitative estimate of drug-likeness (QED) is 0.777. The highest BCUT2D eigenvalue weighted by atomic mass is 35.5. The van der Waals surface area contributed by atoms with Crippen LogP contribution >= 0.6 is 11.6 Å². The molecule has 0 aromatic heterocycles. The fourth-order valence-corrected chi connectivity index (χ4v) is 2.73. The summed E-state index contributed by atoms with van der Waals surface area (Å²) in [4.78, 5) is 37.1. The topological polar surface area (TPSA) is 84.9 Å². The molecule has 1 amide bonds. The van der Waals surface area contributed by atoms with Gasteiger partial charge in [0.2, 0.25) is 5.91 Å². The van der Waals surface area contributed by atoms with E-state index in [-0.39, 0.29) is 17.2 Å². The number of benzene rings is 1. The van der Waals surface area contributed by atoms with Gasteiger partial charge in [0, 0.05) is 19.7 Å². The maximum absolute atomic E-state index is 12.4. The number of ether oxygens (including phenoxy) is 2. The summed E-state index contributed by atoms with van der Waals surface area (Å²) in [6.45, 7) is 1.74. The van der Waals surface area contributed by atoms with Crippen LogP contribution in [0.2, 0.25) is 5.02 Å². The average molecular weight is 391 g/mol. The molecule has 0 bridgehead atoms. The van der Waals surface area contributed by atoms with Gasteiger partial charge in [0.05, 0.1) is 30.5 Å². The SMILES string of the molecule is COC(=O)C1=C(C(=O)OC)N(c2ccc(CNC(C)=O)cc2Cl)C=CC=C1. The van der Waals surface area contributed by atoms with Gasteiger partial charge in [0.1, 0.15) is 5.70 Å². The number of hydrogen-bond acceptors (Lipinski definition) is 6. The van der Waals surface area contributed by atoms with E-state index in [1.807, 2.05) is 0 Å². The molecule has 1 heterocycles. The van der Waals surface area contributed by atoms with Crippen LogP contribution in [0.25, 0.3) is 0 Å². The van der Waals surface area contributed by atoms with Crippen molar-refractivity contribution in [1.82, 2.24) is 5.32 Å². The summed E-state index contributed by atoms with van der Waals surface area (Å²) in [5.41, 5.74) is 1.26. The van der Waals surface area contributed by atoms with E-state index in [1.165, 1.54) is 32.1 Å². The van der Waals surface area contributed by atoms with Crippen LogP contribution in [0.4, 0.5) is 5.69 Å². The molecule has 1 N–H and O–H groups in total. The zero-order valence-corrected chi connectivity index (χ0v) is 15.9. The minimum atomic E-state index is -0.718. The zero-order chi connectivity index (χ0) is 20.0. The molecule has 7 nitrogen and oxygen atoms in total. The number of amides is 1. The van der Waals surface area contributed by atoms with Crippen molar-refractivity contribution in [3.8, 4) is 0 Å². The third kappa shape index (κ3) is 4.77. The van der Waals surface area contributed by atoms with Crippen molar-refractivity contribution in [2.24, 2.45) is 0 Å². The van der Waals surface area contributed by atoms with Gasteiger partial charge in [-0.15, -0.1) is 0 Å². The number of anilines is 1. The minimum Gasteiger partial charge on any atom is -0.465 e. The molecular weight excluding hydrogens is 372 g/mol. The number of hydrogen-bond donors (Lipinski definition) is 1. The summed E-state index contributed by atoms with van der Waals surface area (Å²) in [6, 6.07) is 5.12. The van der Waals surface area contributed by atoms with Crippen LogP contribution in [0.3, 0.4) is 0 Å². The molecule has 0 saturated heterocycles. The lowest BCUT2D eigenvalue weighted by Crippen LogP contribution is -2.27. The molecule has 1 aliphatic rings. The second kappa shape index (κ2) is 9.05. The Balaban J connectivity index is 2.52. The Labute approximate surface area is 161 Å². The van der Waals surface area contributed by atoms with Crippen LogP contribution in [0, 0.1) is 0 Å². The summed E-state index contributed by atoms with van der Waals surface area (Å²) < 4.78 is 9.62. The number of rotatable bonds is 5. The Morgan fingerprint density at radius 1 is 1.11 bits per heavy atom. The molecule has 8 heteroatoms. The summed E-state index contributed by atoms with van der Waals surface area (Å²) in [5.74, 6) is -1.56. The summed E-state index contributed by atoms with van der Waals surface area (Å²) in [7, 11) is 2.45. The van der Waals surface area contributed by atoms with E-state index >= 15 is 0 Å². The second-order valence-electron chi connectivity index (χ2n) is 5.51. The van der Waals surface area contributed by atoms with Crippen LogP contribution < -0.4 is 10.2 Å². The molecule has 1 aromatic rings. The number of carbonyl (C=O) groups is 3. The van der Waals surface area contributed by atoms with Gasteiger partial charge in [-0.3, -0.25) is 4.79 Å². The highest BCUT2D eigenvalue weighted by Crippen LogP contribution is 2.32. The highest BCUT2D eigenvalue weighted by Gasteiger charge is 2.28. The molecule has 0 unspecified atom stereocenters. The average Bonchev–Trinajstić information content (AvgIpc) is 2.88. The van der Waals surface area contributed by atoms with Gasteiger partial charge < -0.3 is 19.7 Å². The first-order valence-electron chi connectivity index (χ1n) is 7.97. The standard InChI is InChI=1S/C19H19ClN2O5/c1-12(23)21-11-13-7-8-16(15(20)10-13)22-9-5-4-6-14(18(24)26-2)17(22)19(25)27-3/h4-10H,11H2,1-3H3,(H,21,23). The number of nitrogens with one attached hydrogen (secondary N) is 1. The van der Waals surface area contributed by atoms with Crippen molar-refractivity contribution >= 4 is 35.1 Å². The van der Waals surface area contributed by atoms with Gasteiger partial charge in [-0.2, -0.15) is 0 Å². The van der Waals surface area contributed by atoms with E-state index in [4.69, 9.17) is 21.1 Å². The molecule has 0 fully saturated rings. The normalized spacial score (nSPS) is 13.3. The maximum atomic E-state index is 12.4. The van der Waals surface area contributed by atoms with Crippen LogP contribution in [0.1, 0.15) is 12.5 Å². The largest absolute Gasteiger partial charge is 0.465 e. The van der Waals surface area contributed by atoms with E-state index in [2.05, 4.69) is 5.32 Å². The van der Waals surface area contributed by atoms with Crippen molar-refractivity contribution in [2.45, 2.75) is 13.5 Å². The fraction of sp³-hybridized carbons (Fsp3) is 0.211. The van der Waals surface area contributed by atoms with E-state index in [1.54, 1.807) is 36.6 Å². The van der Waals surface area contributed by atoms with E-state index < -0.39 is 11.9 Å². The predicted octanol–water partition coefficient (Wildman–Crippen LogP) is 2.47. The minimum absolute atomic E-state index is 0.0224. The van der Waals surface area contributed by atoms with E-state index in [0.717, 1.165) is 5.56 Å². The van der Waals surface area contributed by atoms with Crippen molar-refractivity contribution < 1.29 is 23.9 Å². The van der Waals surface area contributed by atoms with Gasteiger partial charge in [0.15, 0.2) is 0 Å². The van der Waals surface area contributed by atoms with Gasteiger partial charge in [-0.05, 0) is 29.8 Å². The van der Waals surface area contributed by atoms with Gasteiger partial charge in [-0.25, -0.2) is 9.59 Å². The van der Waals surface area contributed by atoms with Crippen molar-refractivity contribution in [3.05, 3.63) is 64.5 Å². The fourth-order valence-electron chi connectivity index (χ4n) is 2.43. The maximum Gasteiger partial charge on any atom is 0.355 e. The third-order valence-corrected chi connectivity index (χ3v) is 4.01. The van der Waals surface area contributed by atoms with Crippen LogP contribution in [-0.2, 0) is 30.4 Å². The van der Waals surface area contributed by atoms with Gasteiger partial charge in [0.25, 0.3) is 0 Å². The zero-order valence-electron chi connectivity index (χ0n) is 15.1. The molecule has 0 radical (unpaired) electrons. The smallest absolute Gasteiger partial charge is 0.355 e. The van der Waals surface area contributed by atoms with Crippen molar-refractivity contribution in [3.63, 3.8) is 0 Å². The summed E-state index contributed by atoms with van der Waals surface area (Å²) >= 11 is 6.41. The summed E-state index contributed by atoms with van der Waals surface area (Å²) in [6.07, 6.45) is 6.32. The molecule has 0 saturated carbocycles. The Morgan fingerprint density at radius 3 is 2.41 bits per heavy atom. The number of esters is 2. The number of methoxy groups -OCH3 is 2. The number of carbonyl (C=O) groups excluding carboxylic acids is 3. The van der Waals surface area contributed by atoms with Crippen LogP contribution in [0.5, 0.6) is 0 Å². The first-order chi connectivity index (χ1) is 12.9. The molecule has 27 heavy (non-hydrogen) atoms. The molecule has 1 aliphatic heterocycles. The predicted molar refractivity (Wildman–Crippen MR) is 101 cm³/mol. The molecule has 1 aromatic carbocycles. The monoisotopic (exact) mass is 390 g/mol. The number of nitrogens with zero attached hydrogens (tertiary/aromatic N) is 1. The molecule has 0 aliphatic carbocycles. The first-order valence-corrected chi connectivity index (χ1v) is 8.34. The van der Waals surface area contributed by atoms with Crippen molar-refractivity contribution in [2.75, 3.05) is 19.1 Å². The molecule has 2 rings (SSSR count). The third-order valence-electron chi connectivity index (χ3n) is 3.70. The molecule has 142 valence electrons. The van der Waals surface area contributed by atoms with Crippen LogP contribution in [-0.4, -0.2) is 32.1 Å². The molecule has 0 atom stereocenters. The Kier molecular flexibility index (Phi) is 6.79. The highest BCUT2D eigenvalue weighted by molar-refractivity contribution is 6.33. The Hall–Kier alpha value is -3.06. The second-order valence-corrected chi connectivity index (χ2v) is 5.92. The molecule has 0 spiro atoms. The Morgan fingerprint density at radius 2 is 1.81 bits per heavy atom. The number of halogens is 1. The van der Waals surface area contributed by atoms with Crippen LogP contribution in [0.15, 0.2) is 53.9 Å². The van der Waals surface area contributed by atoms with Gasteiger partial charge in [-0.1, -0.05) is 23.7 Å². The lowest BCUT2D eigenvalue weighted by molar-refractivity contribution is -0.139. The van der Waals surface area contributed by atoms with E-state index in [9.17, 15) is 14.4 Å². The lowest BCUT2D eigenvalue weighted by atomic mass is 10.1. The van der Waals surface area contributed by atoms with E-state index in [0.29, 0.717) is 17.3 Å². The van der Waals surface area contributed by atoms with Gasteiger partial charge >= 0.3 is 11.9 Å². The lowest BCUT2D eigenvalue weighted by Gasteiger charge is -2.24. The first kappa shape index (κ1) is 20.3. The Bertz CT molecular complexity index is 858.